The molecule has 0 unspecified atom stereocenters. The van der Waals surface area contributed by atoms with Crippen molar-refractivity contribution in [1.29, 1.82) is 0 Å². The molecule has 0 radical (unpaired) electrons. The number of nitrogens with zero attached hydrogens (tertiary/aromatic N) is 3. The number of benzene rings is 2. The molecule has 33 heavy (non-hydrogen) atoms. The molecule has 4 aromatic rings. The molecular weight excluding hydrogens is 438 g/mol. The van der Waals surface area contributed by atoms with Gasteiger partial charge in [-0.1, -0.05) is 29.8 Å². The molecule has 0 saturated heterocycles. The summed E-state index contributed by atoms with van der Waals surface area (Å²) in [6.45, 7) is 3.73. The average Bonchev–Trinajstić information content (AvgIpc) is 3.14. The van der Waals surface area contributed by atoms with Crippen LogP contribution in [0.25, 0.3) is 16.8 Å². The minimum absolute atomic E-state index is 0.189. The molecule has 0 aliphatic heterocycles. The summed E-state index contributed by atoms with van der Waals surface area (Å²) in [7, 11) is 0. The standard InChI is InChI=1S/C25H22ClN5O2/c1-16-23(19-5-9-21(26)10-6-19)24(29-17(2)32)31(30-16)22-11-7-20(8-12-22)25(33)28-15-18-4-3-13-27-14-18/h3-14H,15H2,1-2H3,(H,28,33)(H,29,32). The Labute approximate surface area is 196 Å². The number of aryl methyl sites for hydroxylation is 1. The lowest BCUT2D eigenvalue weighted by Gasteiger charge is -2.11. The number of hydrogen-bond donors (Lipinski definition) is 2. The Kier molecular flexibility index (Phi) is 6.51. The van der Waals surface area contributed by atoms with E-state index in [0.717, 1.165) is 22.4 Å². The van der Waals surface area contributed by atoms with Crippen molar-refractivity contribution in [2.24, 2.45) is 0 Å². The monoisotopic (exact) mass is 459 g/mol. The number of carbonyl (C=O) groups excluding carboxylic acids is 2. The van der Waals surface area contributed by atoms with Crippen LogP contribution in [-0.2, 0) is 11.3 Å². The van der Waals surface area contributed by atoms with Gasteiger partial charge >= 0.3 is 0 Å². The van der Waals surface area contributed by atoms with Crippen molar-refractivity contribution in [1.82, 2.24) is 20.1 Å². The fraction of sp³-hybridized carbons (Fsp3) is 0.120. The minimum Gasteiger partial charge on any atom is -0.348 e. The molecule has 0 aliphatic carbocycles. The van der Waals surface area contributed by atoms with Gasteiger partial charge in [0.2, 0.25) is 5.91 Å². The predicted octanol–water partition coefficient (Wildman–Crippen LogP) is 4.78. The van der Waals surface area contributed by atoms with Crippen LogP contribution in [0.2, 0.25) is 5.02 Å². The van der Waals surface area contributed by atoms with Crippen LogP contribution in [-0.4, -0.2) is 26.6 Å². The second kappa shape index (κ2) is 9.67. The Hall–Kier alpha value is -3.97. The van der Waals surface area contributed by atoms with Crippen LogP contribution in [0, 0.1) is 6.92 Å². The molecule has 2 aromatic carbocycles. The van der Waals surface area contributed by atoms with Gasteiger partial charge in [0, 0.05) is 42.0 Å². The number of halogens is 1. The molecule has 0 saturated carbocycles. The summed E-state index contributed by atoms with van der Waals surface area (Å²) in [6.07, 6.45) is 3.40. The molecule has 2 heterocycles. The van der Waals surface area contributed by atoms with Crippen LogP contribution in [0.1, 0.15) is 28.5 Å². The average molecular weight is 460 g/mol. The number of hydrogen-bond acceptors (Lipinski definition) is 4. The van der Waals surface area contributed by atoms with Gasteiger partial charge in [0.05, 0.1) is 11.4 Å². The maximum Gasteiger partial charge on any atom is 0.251 e. The van der Waals surface area contributed by atoms with E-state index < -0.39 is 0 Å². The zero-order valence-corrected chi connectivity index (χ0v) is 18.9. The molecule has 0 bridgehead atoms. The van der Waals surface area contributed by atoms with E-state index in [9.17, 15) is 9.59 Å². The minimum atomic E-state index is -0.210. The van der Waals surface area contributed by atoms with Crippen LogP contribution in [0.15, 0.2) is 73.1 Å². The number of aromatic nitrogens is 3. The van der Waals surface area contributed by atoms with E-state index in [0.29, 0.717) is 28.6 Å². The third-order valence-electron chi connectivity index (χ3n) is 5.04. The first kappa shape index (κ1) is 22.2. The SMILES string of the molecule is CC(=O)Nc1c(-c2ccc(Cl)cc2)c(C)nn1-c1ccc(C(=O)NCc2cccnc2)cc1. The van der Waals surface area contributed by atoms with Crippen LogP contribution >= 0.6 is 11.6 Å². The number of carbonyl (C=O) groups is 2. The van der Waals surface area contributed by atoms with Crippen LogP contribution in [0.4, 0.5) is 5.82 Å². The number of pyridine rings is 1. The van der Waals surface area contributed by atoms with Crippen LogP contribution < -0.4 is 10.6 Å². The summed E-state index contributed by atoms with van der Waals surface area (Å²) in [5.74, 6) is 0.153. The maximum atomic E-state index is 12.5. The smallest absolute Gasteiger partial charge is 0.251 e. The van der Waals surface area contributed by atoms with E-state index in [1.165, 1.54) is 6.92 Å². The van der Waals surface area contributed by atoms with Crippen molar-refractivity contribution in [2.75, 3.05) is 5.32 Å². The summed E-state index contributed by atoms with van der Waals surface area (Å²) in [5, 5.41) is 11.0. The van der Waals surface area contributed by atoms with Gasteiger partial charge in [-0.15, -0.1) is 0 Å². The fourth-order valence-electron chi connectivity index (χ4n) is 3.50. The Morgan fingerprint density at radius 1 is 1.03 bits per heavy atom. The van der Waals surface area contributed by atoms with Gasteiger partial charge < -0.3 is 10.6 Å². The van der Waals surface area contributed by atoms with E-state index in [4.69, 9.17) is 11.6 Å². The zero-order valence-electron chi connectivity index (χ0n) is 18.2. The van der Waals surface area contributed by atoms with E-state index >= 15 is 0 Å². The molecule has 8 heteroatoms. The van der Waals surface area contributed by atoms with Crippen molar-refractivity contribution < 1.29 is 9.59 Å². The van der Waals surface area contributed by atoms with Crippen molar-refractivity contribution >= 4 is 29.2 Å². The number of rotatable bonds is 6. The normalized spacial score (nSPS) is 10.6. The maximum absolute atomic E-state index is 12.5. The molecule has 4 rings (SSSR count). The van der Waals surface area contributed by atoms with Crippen LogP contribution in [0.5, 0.6) is 0 Å². The van der Waals surface area contributed by atoms with Gasteiger partial charge in [-0.25, -0.2) is 4.68 Å². The van der Waals surface area contributed by atoms with Gasteiger partial charge in [0.1, 0.15) is 5.82 Å². The van der Waals surface area contributed by atoms with Gasteiger partial charge in [-0.05, 0) is 60.5 Å². The molecule has 0 fully saturated rings. The number of anilines is 1. The highest BCUT2D eigenvalue weighted by atomic mass is 35.5. The van der Waals surface area contributed by atoms with Gasteiger partial charge in [-0.2, -0.15) is 5.10 Å². The largest absolute Gasteiger partial charge is 0.348 e. The molecule has 2 N–H and O–H groups in total. The first-order chi connectivity index (χ1) is 15.9. The zero-order chi connectivity index (χ0) is 23.4. The second-order valence-electron chi connectivity index (χ2n) is 7.50. The van der Waals surface area contributed by atoms with E-state index in [1.54, 1.807) is 53.5 Å². The summed E-state index contributed by atoms with van der Waals surface area (Å²) < 4.78 is 1.66. The van der Waals surface area contributed by atoms with Crippen LogP contribution in [0.3, 0.4) is 0 Å². The summed E-state index contributed by atoms with van der Waals surface area (Å²) in [4.78, 5) is 28.5. The van der Waals surface area contributed by atoms with Crippen molar-refractivity contribution in [3.05, 3.63) is 94.9 Å². The number of amides is 2. The number of nitrogens with one attached hydrogen (secondary N) is 2. The fourth-order valence-corrected chi connectivity index (χ4v) is 3.63. The first-order valence-corrected chi connectivity index (χ1v) is 10.7. The van der Waals surface area contributed by atoms with E-state index in [-0.39, 0.29) is 11.8 Å². The molecule has 0 aliphatic rings. The quantitative estimate of drug-likeness (QED) is 0.434. The van der Waals surface area contributed by atoms with Crippen molar-refractivity contribution in [3.63, 3.8) is 0 Å². The third-order valence-corrected chi connectivity index (χ3v) is 5.29. The highest BCUT2D eigenvalue weighted by molar-refractivity contribution is 6.30. The molecule has 7 nitrogen and oxygen atoms in total. The van der Waals surface area contributed by atoms with E-state index in [1.807, 2.05) is 31.2 Å². The molecule has 0 spiro atoms. The molecule has 2 amide bonds. The second-order valence-corrected chi connectivity index (χ2v) is 7.94. The highest BCUT2D eigenvalue weighted by Gasteiger charge is 2.19. The van der Waals surface area contributed by atoms with E-state index in [2.05, 4.69) is 20.7 Å². The molecule has 2 aromatic heterocycles. The predicted molar refractivity (Wildman–Crippen MR) is 128 cm³/mol. The first-order valence-electron chi connectivity index (χ1n) is 10.3. The van der Waals surface area contributed by atoms with Gasteiger partial charge in [0.25, 0.3) is 5.91 Å². The Bertz CT molecular complexity index is 1280. The molecular formula is C25H22ClN5O2. The Balaban J connectivity index is 1.62. The van der Waals surface area contributed by atoms with Gasteiger partial charge in [0.15, 0.2) is 0 Å². The topological polar surface area (TPSA) is 88.9 Å². The lowest BCUT2D eigenvalue weighted by atomic mass is 10.1. The third kappa shape index (κ3) is 5.10. The summed E-state index contributed by atoms with van der Waals surface area (Å²) >= 11 is 6.04. The Morgan fingerprint density at radius 3 is 2.39 bits per heavy atom. The van der Waals surface area contributed by atoms with Gasteiger partial charge in [-0.3, -0.25) is 14.6 Å². The lowest BCUT2D eigenvalue weighted by molar-refractivity contribution is -0.114. The lowest BCUT2D eigenvalue weighted by Crippen LogP contribution is -2.22. The molecule has 166 valence electrons. The molecule has 0 atom stereocenters. The summed E-state index contributed by atoms with van der Waals surface area (Å²) in [6, 6.07) is 18.1. The van der Waals surface area contributed by atoms with Crippen molar-refractivity contribution in [2.45, 2.75) is 20.4 Å². The highest BCUT2D eigenvalue weighted by Crippen LogP contribution is 2.34. The summed E-state index contributed by atoms with van der Waals surface area (Å²) in [5.41, 5.74) is 4.60. The Morgan fingerprint density at radius 2 is 1.76 bits per heavy atom. The van der Waals surface area contributed by atoms with Crippen molar-refractivity contribution in [3.8, 4) is 16.8 Å².